The Hall–Kier alpha value is -2.39. The topological polar surface area (TPSA) is 75.0 Å². The van der Waals surface area contributed by atoms with Crippen LogP contribution in [0.4, 0.5) is 0 Å². The molecule has 1 amide bonds. The van der Waals surface area contributed by atoms with Crippen LogP contribution in [-0.2, 0) is 10.2 Å². The molecule has 0 saturated heterocycles. The summed E-state index contributed by atoms with van der Waals surface area (Å²) in [5, 5.41) is 14.5. The minimum absolute atomic E-state index is 0.00280. The molecule has 2 rings (SSSR count). The van der Waals surface area contributed by atoms with Crippen LogP contribution in [-0.4, -0.2) is 17.5 Å². The second-order valence-electron chi connectivity index (χ2n) is 6.54. The van der Waals surface area contributed by atoms with E-state index < -0.39 is 0 Å². The largest absolute Gasteiger partial charge is 0.484 e. The predicted octanol–water partition coefficient (Wildman–Crippen LogP) is 3.57. The minimum atomic E-state index is -0.209. The van der Waals surface area contributed by atoms with E-state index in [4.69, 9.17) is 10.00 Å². The van der Waals surface area contributed by atoms with Gasteiger partial charge in [-0.25, -0.2) is 4.98 Å². The van der Waals surface area contributed by atoms with Gasteiger partial charge in [0.2, 0.25) is 0 Å². The third-order valence-electron chi connectivity index (χ3n) is 3.39. The first-order valence-electron chi connectivity index (χ1n) is 7.68. The zero-order chi connectivity index (χ0) is 17.7. The highest BCUT2D eigenvalue weighted by Crippen LogP contribution is 2.26. The molecule has 0 unspecified atom stereocenters. The van der Waals surface area contributed by atoms with Crippen LogP contribution >= 0.6 is 11.3 Å². The van der Waals surface area contributed by atoms with E-state index in [1.165, 1.54) is 0 Å². The zero-order valence-corrected chi connectivity index (χ0v) is 15.1. The number of ether oxygens (including phenoxy) is 1. The molecule has 1 atom stereocenters. The van der Waals surface area contributed by atoms with Gasteiger partial charge in [-0.15, -0.1) is 11.3 Å². The summed E-state index contributed by atoms with van der Waals surface area (Å²) in [7, 11) is 0. The van der Waals surface area contributed by atoms with Gasteiger partial charge < -0.3 is 10.1 Å². The van der Waals surface area contributed by atoms with Crippen LogP contribution in [0.1, 0.15) is 50.0 Å². The van der Waals surface area contributed by atoms with Crippen molar-refractivity contribution >= 4 is 17.2 Å². The van der Waals surface area contributed by atoms with Crippen LogP contribution in [0, 0.1) is 11.3 Å². The summed E-state index contributed by atoms with van der Waals surface area (Å²) in [5.74, 6) is 0.348. The van der Waals surface area contributed by atoms with Crippen LogP contribution in [0.5, 0.6) is 5.75 Å². The maximum absolute atomic E-state index is 12.0. The van der Waals surface area contributed by atoms with Crippen LogP contribution in [0.15, 0.2) is 29.6 Å². The van der Waals surface area contributed by atoms with Gasteiger partial charge in [0.25, 0.3) is 5.91 Å². The summed E-state index contributed by atoms with van der Waals surface area (Å²) in [6.45, 7) is 8.17. The van der Waals surface area contributed by atoms with Crippen molar-refractivity contribution in [3.63, 3.8) is 0 Å². The van der Waals surface area contributed by atoms with E-state index in [0.717, 1.165) is 10.7 Å². The molecule has 5 nitrogen and oxygen atoms in total. The van der Waals surface area contributed by atoms with Gasteiger partial charge in [0.05, 0.1) is 23.4 Å². The normalized spacial score (nSPS) is 12.3. The first-order valence-corrected chi connectivity index (χ1v) is 8.56. The minimum Gasteiger partial charge on any atom is -0.484 e. The van der Waals surface area contributed by atoms with E-state index in [-0.39, 0.29) is 24.0 Å². The Morgan fingerprint density at radius 2 is 2.04 bits per heavy atom. The van der Waals surface area contributed by atoms with E-state index >= 15 is 0 Å². The average molecular weight is 343 g/mol. The lowest BCUT2D eigenvalue weighted by molar-refractivity contribution is -0.123. The highest BCUT2D eigenvalue weighted by Gasteiger charge is 2.20. The summed E-state index contributed by atoms with van der Waals surface area (Å²) in [4.78, 5) is 16.6. The molecule has 0 fully saturated rings. The summed E-state index contributed by atoms with van der Waals surface area (Å²) in [6, 6.07) is 8.52. The maximum Gasteiger partial charge on any atom is 0.258 e. The van der Waals surface area contributed by atoms with Gasteiger partial charge in [0, 0.05) is 10.8 Å². The number of hydrogen-bond donors (Lipinski definition) is 1. The van der Waals surface area contributed by atoms with Crippen molar-refractivity contribution in [1.82, 2.24) is 10.3 Å². The summed E-state index contributed by atoms with van der Waals surface area (Å²) in [5.41, 5.74) is 1.58. The molecule has 0 aliphatic heterocycles. The monoisotopic (exact) mass is 343 g/mol. The highest BCUT2D eigenvalue weighted by molar-refractivity contribution is 7.09. The molecule has 1 aromatic heterocycles. The van der Waals surface area contributed by atoms with E-state index in [9.17, 15) is 4.79 Å². The summed E-state index contributed by atoms with van der Waals surface area (Å²) < 4.78 is 5.43. The Morgan fingerprint density at radius 3 is 2.58 bits per heavy atom. The molecule has 6 heteroatoms. The number of thiazole rings is 1. The molecule has 1 N–H and O–H groups in total. The number of carbonyl (C=O) groups is 1. The number of nitriles is 1. The fourth-order valence-corrected chi connectivity index (χ4v) is 3.00. The standard InChI is InChI=1S/C18H21N3O2S/c1-12(17-21-15(11-24-17)18(2,3)4)20-16(22)10-23-14-7-5-13(9-19)6-8-14/h5-8,11-12H,10H2,1-4H3,(H,20,22)/t12-/m1/s1. The number of aromatic nitrogens is 1. The van der Waals surface area contributed by atoms with Crippen molar-refractivity contribution < 1.29 is 9.53 Å². The third-order valence-corrected chi connectivity index (χ3v) is 4.42. The molecule has 126 valence electrons. The van der Waals surface area contributed by atoms with E-state index in [1.54, 1.807) is 35.6 Å². The smallest absolute Gasteiger partial charge is 0.258 e. The van der Waals surface area contributed by atoms with Crippen LogP contribution in [0.3, 0.4) is 0 Å². The van der Waals surface area contributed by atoms with Crippen LogP contribution < -0.4 is 10.1 Å². The van der Waals surface area contributed by atoms with Gasteiger partial charge in [-0.05, 0) is 31.2 Å². The van der Waals surface area contributed by atoms with E-state index in [1.807, 2.05) is 18.4 Å². The Balaban J connectivity index is 1.87. The molecular weight excluding hydrogens is 322 g/mol. The lowest BCUT2D eigenvalue weighted by atomic mass is 9.93. The van der Waals surface area contributed by atoms with Crippen LogP contribution in [0.25, 0.3) is 0 Å². The van der Waals surface area contributed by atoms with Gasteiger partial charge in [0.1, 0.15) is 10.8 Å². The molecule has 0 bridgehead atoms. The maximum atomic E-state index is 12.0. The number of nitrogens with one attached hydrogen (secondary N) is 1. The predicted molar refractivity (Wildman–Crippen MR) is 94.0 cm³/mol. The second-order valence-corrected chi connectivity index (χ2v) is 7.42. The summed E-state index contributed by atoms with van der Waals surface area (Å²) in [6.07, 6.45) is 0. The Kier molecular flexibility index (Phi) is 5.58. The molecule has 24 heavy (non-hydrogen) atoms. The number of amides is 1. The van der Waals surface area contributed by atoms with Crippen LogP contribution in [0.2, 0.25) is 0 Å². The number of carbonyl (C=O) groups excluding carboxylic acids is 1. The number of benzene rings is 1. The average Bonchev–Trinajstić information content (AvgIpc) is 3.04. The number of nitrogens with zero attached hydrogens (tertiary/aromatic N) is 2. The molecule has 0 spiro atoms. The Morgan fingerprint density at radius 1 is 1.38 bits per heavy atom. The van der Waals surface area contributed by atoms with Crippen molar-refractivity contribution in [2.45, 2.75) is 39.2 Å². The van der Waals surface area contributed by atoms with E-state index in [2.05, 4.69) is 31.1 Å². The van der Waals surface area contributed by atoms with Crippen molar-refractivity contribution in [2.24, 2.45) is 0 Å². The Labute approximate surface area is 146 Å². The Bertz CT molecular complexity index is 739. The number of hydrogen-bond acceptors (Lipinski definition) is 5. The molecular formula is C18H21N3O2S. The highest BCUT2D eigenvalue weighted by atomic mass is 32.1. The molecule has 1 heterocycles. The van der Waals surface area contributed by atoms with Crippen molar-refractivity contribution in [1.29, 1.82) is 5.26 Å². The molecule has 2 aromatic rings. The molecule has 0 aliphatic carbocycles. The molecule has 0 radical (unpaired) electrons. The van der Waals surface area contributed by atoms with Gasteiger partial charge in [-0.3, -0.25) is 4.79 Å². The third kappa shape index (κ3) is 4.80. The lowest BCUT2D eigenvalue weighted by Crippen LogP contribution is -2.31. The summed E-state index contributed by atoms with van der Waals surface area (Å²) >= 11 is 1.55. The molecule has 1 aromatic carbocycles. The quantitative estimate of drug-likeness (QED) is 0.900. The van der Waals surface area contributed by atoms with Gasteiger partial charge in [-0.2, -0.15) is 5.26 Å². The molecule has 0 aliphatic rings. The first-order chi connectivity index (χ1) is 11.3. The lowest BCUT2D eigenvalue weighted by Gasteiger charge is -2.15. The van der Waals surface area contributed by atoms with Gasteiger partial charge in [-0.1, -0.05) is 20.8 Å². The zero-order valence-electron chi connectivity index (χ0n) is 14.3. The van der Waals surface area contributed by atoms with Gasteiger partial charge >= 0.3 is 0 Å². The number of rotatable bonds is 5. The second kappa shape index (κ2) is 7.45. The van der Waals surface area contributed by atoms with Crippen molar-refractivity contribution in [3.05, 3.63) is 45.9 Å². The van der Waals surface area contributed by atoms with Crippen molar-refractivity contribution in [2.75, 3.05) is 6.61 Å². The van der Waals surface area contributed by atoms with Crippen molar-refractivity contribution in [3.8, 4) is 11.8 Å². The molecule has 0 saturated carbocycles. The fraction of sp³-hybridized carbons (Fsp3) is 0.389. The van der Waals surface area contributed by atoms with E-state index in [0.29, 0.717) is 11.3 Å². The fourth-order valence-electron chi connectivity index (χ4n) is 1.95. The van der Waals surface area contributed by atoms with Gasteiger partial charge in [0.15, 0.2) is 6.61 Å². The first kappa shape index (κ1) is 18.0. The SMILES string of the molecule is C[C@@H](NC(=O)COc1ccc(C#N)cc1)c1nc(C(C)(C)C)cs1.